The van der Waals surface area contributed by atoms with E-state index in [-0.39, 0.29) is 11.1 Å². The molecule has 0 heterocycles. The maximum atomic E-state index is 14.0. The molecule has 2 atom stereocenters. The van der Waals surface area contributed by atoms with Crippen molar-refractivity contribution < 1.29 is 24.2 Å². The first-order valence-corrected chi connectivity index (χ1v) is 10.1. The van der Waals surface area contributed by atoms with Crippen LogP contribution >= 0.6 is 0 Å². The molecule has 5 heteroatoms. The lowest BCUT2D eigenvalue weighted by Gasteiger charge is -2.40. The number of methoxy groups -OCH3 is 1. The molecule has 0 radical (unpaired) electrons. The minimum absolute atomic E-state index is 0.164. The molecule has 0 unspecified atom stereocenters. The molecule has 158 valence electrons. The van der Waals surface area contributed by atoms with Crippen LogP contribution in [0.3, 0.4) is 0 Å². The number of carbonyl (C=O) groups excluding carboxylic acids is 3. The number of fused-ring (bicyclic) bond motifs is 1. The van der Waals surface area contributed by atoms with E-state index in [0.29, 0.717) is 18.6 Å². The maximum Gasteiger partial charge on any atom is 0.187 e. The molecule has 1 N–H and O–H groups in total. The summed E-state index contributed by atoms with van der Waals surface area (Å²) in [5, 5.41) is 11.3. The highest BCUT2D eigenvalue weighted by Crippen LogP contribution is 2.56. The summed E-state index contributed by atoms with van der Waals surface area (Å²) in [6.07, 6.45) is 5.89. The minimum Gasteiger partial charge on any atom is -0.496 e. The quantitative estimate of drug-likeness (QED) is 0.580. The van der Waals surface area contributed by atoms with E-state index in [1.54, 1.807) is 18.2 Å². The van der Waals surface area contributed by atoms with Gasteiger partial charge in [0, 0.05) is 11.1 Å². The van der Waals surface area contributed by atoms with Crippen LogP contribution in [0.15, 0.2) is 53.6 Å². The van der Waals surface area contributed by atoms with Gasteiger partial charge in [-0.3, -0.25) is 14.4 Å². The first-order valence-electron chi connectivity index (χ1n) is 10.1. The Hall–Kier alpha value is -2.79. The van der Waals surface area contributed by atoms with Gasteiger partial charge in [0.25, 0.3) is 0 Å². The van der Waals surface area contributed by atoms with Crippen LogP contribution in [0.1, 0.15) is 62.6 Å². The number of allylic oxidation sites excluding steroid dienone is 6. The molecule has 1 spiro atoms. The summed E-state index contributed by atoms with van der Waals surface area (Å²) in [5.41, 5.74) is -0.827. The highest BCUT2D eigenvalue weighted by Gasteiger charge is 2.67. The van der Waals surface area contributed by atoms with Gasteiger partial charge in [0.05, 0.1) is 12.5 Å². The average molecular weight is 408 g/mol. The Morgan fingerprint density at radius 2 is 1.67 bits per heavy atom. The SMILES string of the molecule is COc1cccc2c1[C@@H](O)[C@@]1(C(=O)C=CC(CC=C(C)C)(CC=C(C)C)C1=O)C2=O. The van der Waals surface area contributed by atoms with Crippen LogP contribution in [0.2, 0.25) is 0 Å². The molecule has 1 aromatic carbocycles. The predicted molar refractivity (Wildman–Crippen MR) is 114 cm³/mol. The number of carbonyl (C=O) groups is 3. The third kappa shape index (κ3) is 3.08. The second-order valence-corrected chi connectivity index (χ2v) is 8.62. The Labute approximate surface area is 177 Å². The number of ketones is 3. The Morgan fingerprint density at radius 3 is 2.20 bits per heavy atom. The zero-order chi connectivity index (χ0) is 22.3. The van der Waals surface area contributed by atoms with Crippen molar-refractivity contribution in [1.82, 2.24) is 0 Å². The van der Waals surface area contributed by atoms with E-state index in [4.69, 9.17) is 4.74 Å². The Kier molecular flexibility index (Phi) is 5.70. The second kappa shape index (κ2) is 7.80. The van der Waals surface area contributed by atoms with Crippen LogP contribution in [0.5, 0.6) is 5.75 Å². The highest BCUT2D eigenvalue weighted by molar-refractivity contribution is 6.36. The second-order valence-electron chi connectivity index (χ2n) is 8.62. The molecule has 30 heavy (non-hydrogen) atoms. The van der Waals surface area contributed by atoms with Crippen molar-refractivity contribution in [2.45, 2.75) is 46.6 Å². The first-order chi connectivity index (χ1) is 14.1. The summed E-state index contributed by atoms with van der Waals surface area (Å²) in [4.78, 5) is 40.7. The van der Waals surface area contributed by atoms with E-state index < -0.39 is 34.3 Å². The Morgan fingerprint density at radius 1 is 1.07 bits per heavy atom. The van der Waals surface area contributed by atoms with Crippen LogP contribution in [0, 0.1) is 10.8 Å². The van der Waals surface area contributed by atoms with Gasteiger partial charge in [-0.1, -0.05) is 41.5 Å². The summed E-state index contributed by atoms with van der Waals surface area (Å²) < 4.78 is 5.32. The van der Waals surface area contributed by atoms with Crippen molar-refractivity contribution in [2.24, 2.45) is 10.8 Å². The highest BCUT2D eigenvalue weighted by atomic mass is 16.5. The van der Waals surface area contributed by atoms with E-state index in [9.17, 15) is 19.5 Å². The number of ether oxygens (including phenoxy) is 1. The van der Waals surface area contributed by atoms with Crippen LogP contribution < -0.4 is 4.74 Å². The monoisotopic (exact) mass is 408 g/mol. The molecule has 3 rings (SSSR count). The topological polar surface area (TPSA) is 80.7 Å². The number of Topliss-reactive ketones (excluding diaryl/α,β-unsaturated/α-hetero) is 2. The van der Waals surface area contributed by atoms with E-state index >= 15 is 0 Å². The minimum atomic E-state index is -2.17. The number of aliphatic hydroxyl groups excluding tert-OH is 1. The van der Waals surface area contributed by atoms with E-state index in [1.165, 1.54) is 19.3 Å². The van der Waals surface area contributed by atoms with Crippen LogP contribution in [-0.4, -0.2) is 29.6 Å². The molecule has 0 saturated heterocycles. The maximum absolute atomic E-state index is 14.0. The normalized spacial score (nSPS) is 24.1. The summed E-state index contributed by atoms with van der Waals surface area (Å²) in [6.45, 7) is 7.73. The van der Waals surface area contributed by atoms with Crippen molar-refractivity contribution >= 4 is 17.3 Å². The summed E-state index contributed by atoms with van der Waals surface area (Å²) in [7, 11) is 1.43. The van der Waals surface area contributed by atoms with Gasteiger partial charge in [-0.05, 0) is 52.7 Å². The zero-order valence-electron chi connectivity index (χ0n) is 18.1. The first kappa shape index (κ1) is 21.9. The molecule has 2 aliphatic carbocycles. The van der Waals surface area contributed by atoms with Crippen LogP contribution in [0.4, 0.5) is 0 Å². The third-order valence-electron chi connectivity index (χ3n) is 6.07. The van der Waals surface area contributed by atoms with Crippen LogP contribution in [-0.2, 0) is 9.59 Å². The largest absolute Gasteiger partial charge is 0.496 e. The molecule has 0 amide bonds. The molecule has 0 fully saturated rings. The standard InChI is InChI=1S/C25H28O5/c1-15(2)9-12-24(13-10-16(3)4)14-11-19(26)25(23(24)29)21(27)17-7-6-8-18(30-5)20(17)22(25)28/h6-11,14,22,28H,12-13H2,1-5H3/t22-,25-/m1/s1. The van der Waals surface area contributed by atoms with Gasteiger partial charge in [-0.25, -0.2) is 0 Å². The molecule has 1 aromatic rings. The van der Waals surface area contributed by atoms with Crippen molar-refractivity contribution in [3.05, 3.63) is 64.8 Å². The van der Waals surface area contributed by atoms with Crippen molar-refractivity contribution in [3.63, 3.8) is 0 Å². The number of hydrogen-bond donors (Lipinski definition) is 1. The fourth-order valence-electron chi connectivity index (χ4n) is 4.35. The summed E-state index contributed by atoms with van der Waals surface area (Å²) in [6, 6.07) is 4.76. The van der Waals surface area contributed by atoms with Crippen molar-refractivity contribution in [1.29, 1.82) is 0 Å². The molecule has 5 nitrogen and oxygen atoms in total. The molecular weight excluding hydrogens is 380 g/mol. The number of hydrogen-bond acceptors (Lipinski definition) is 5. The lowest BCUT2D eigenvalue weighted by molar-refractivity contribution is -0.148. The average Bonchev–Trinajstić information content (AvgIpc) is 2.94. The number of benzene rings is 1. The van der Waals surface area contributed by atoms with E-state index in [2.05, 4.69) is 0 Å². The smallest absolute Gasteiger partial charge is 0.187 e. The summed E-state index contributed by atoms with van der Waals surface area (Å²) in [5.74, 6) is -1.58. The van der Waals surface area contributed by atoms with Gasteiger partial charge in [0.2, 0.25) is 0 Å². The Balaban J connectivity index is 2.23. The summed E-state index contributed by atoms with van der Waals surface area (Å²) >= 11 is 0. The molecule has 0 bridgehead atoms. The van der Waals surface area contributed by atoms with Crippen molar-refractivity contribution in [2.75, 3.05) is 7.11 Å². The van der Waals surface area contributed by atoms with Gasteiger partial charge >= 0.3 is 0 Å². The molecule has 0 aliphatic heterocycles. The van der Waals surface area contributed by atoms with Gasteiger partial charge in [-0.15, -0.1) is 0 Å². The van der Waals surface area contributed by atoms with Gasteiger partial charge in [0.1, 0.15) is 11.9 Å². The molecule has 0 aromatic heterocycles. The zero-order valence-corrected chi connectivity index (χ0v) is 18.1. The van der Waals surface area contributed by atoms with E-state index in [1.807, 2.05) is 39.8 Å². The molecular formula is C25H28O5. The van der Waals surface area contributed by atoms with Gasteiger partial charge in [-0.2, -0.15) is 0 Å². The van der Waals surface area contributed by atoms with Crippen molar-refractivity contribution in [3.8, 4) is 5.75 Å². The van der Waals surface area contributed by atoms with Crippen LogP contribution in [0.25, 0.3) is 0 Å². The van der Waals surface area contributed by atoms with E-state index in [0.717, 1.165) is 11.1 Å². The van der Waals surface area contributed by atoms with Gasteiger partial charge in [0.15, 0.2) is 22.8 Å². The molecule has 0 saturated carbocycles. The lowest BCUT2D eigenvalue weighted by atomic mass is 9.58. The lowest BCUT2D eigenvalue weighted by Crippen LogP contribution is -2.55. The van der Waals surface area contributed by atoms with Gasteiger partial charge < -0.3 is 9.84 Å². The molecule has 2 aliphatic rings. The fraction of sp³-hybridized carbons (Fsp3) is 0.400. The number of aliphatic hydroxyl groups is 1. The predicted octanol–water partition coefficient (Wildman–Crippen LogP) is 4.32. The fourth-order valence-corrected chi connectivity index (χ4v) is 4.35. The third-order valence-corrected chi connectivity index (χ3v) is 6.07. The Bertz CT molecular complexity index is 982. The number of rotatable bonds is 5.